The summed E-state index contributed by atoms with van der Waals surface area (Å²) in [5.41, 5.74) is 10.3. The molecule has 2 aromatic heterocycles. The van der Waals surface area contributed by atoms with Gasteiger partial charge in [-0.3, -0.25) is 5.10 Å². The largest absolute Gasteiger partial charge is 0.497 e. The van der Waals surface area contributed by atoms with Gasteiger partial charge in [-0.05, 0) is 30.9 Å². The third-order valence-electron chi connectivity index (χ3n) is 5.04. The monoisotopic (exact) mass is 322 g/mol. The number of ether oxygens (including phenoxy) is 1. The smallest absolute Gasteiger partial charge is 0.135 e. The Bertz CT molecular complexity index is 865. The average molecular weight is 322 g/mol. The minimum atomic E-state index is 0.524. The second-order valence-electron chi connectivity index (χ2n) is 6.49. The van der Waals surface area contributed by atoms with Gasteiger partial charge in [-0.15, -0.1) is 0 Å². The summed E-state index contributed by atoms with van der Waals surface area (Å²) >= 11 is 0. The first kappa shape index (κ1) is 15.0. The highest BCUT2D eigenvalue weighted by Crippen LogP contribution is 2.39. The maximum absolute atomic E-state index is 6.21. The molecule has 3 aromatic rings. The van der Waals surface area contributed by atoms with E-state index in [4.69, 9.17) is 10.5 Å². The van der Waals surface area contributed by atoms with Gasteiger partial charge in [-0.2, -0.15) is 5.10 Å². The zero-order valence-electron chi connectivity index (χ0n) is 13.9. The van der Waals surface area contributed by atoms with Gasteiger partial charge in [0.2, 0.25) is 0 Å². The molecule has 4 rings (SSSR count). The van der Waals surface area contributed by atoms with Crippen LogP contribution in [0.5, 0.6) is 5.75 Å². The van der Waals surface area contributed by atoms with Crippen LogP contribution in [0.1, 0.15) is 43.6 Å². The molecule has 1 aliphatic rings. The van der Waals surface area contributed by atoms with Crippen LogP contribution in [0.2, 0.25) is 0 Å². The molecule has 5 nitrogen and oxygen atoms in total. The number of anilines is 1. The Hall–Kier alpha value is -2.56. The van der Waals surface area contributed by atoms with Gasteiger partial charge < -0.3 is 10.5 Å². The van der Waals surface area contributed by atoms with E-state index in [1.807, 2.05) is 30.5 Å². The van der Waals surface area contributed by atoms with E-state index in [1.165, 1.54) is 37.7 Å². The summed E-state index contributed by atoms with van der Waals surface area (Å²) in [5.74, 6) is 1.87. The van der Waals surface area contributed by atoms with Crippen LogP contribution in [0.25, 0.3) is 22.2 Å². The van der Waals surface area contributed by atoms with Crippen molar-refractivity contribution < 1.29 is 4.74 Å². The fourth-order valence-corrected chi connectivity index (χ4v) is 3.76. The van der Waals surface area contributed by atoms with Crippen molar-refractivity contribution in [3.05, 3.63) is 36.0 Å². The SMILES string of the molecule is COc1cccc(-c2[nH]nc3c(C4CCCCC4)cnc(N)c23)c1. The molecule has 0 saturated heterocycles. The molecule has 0 aliphatic heterocycles. The summed E-state index contributed by atoms with van der Waals surface area (Å²) in [5, 5.41) is 8.70. The predicted octanol–water partition coefficient (Wildman–Crippen LogP) is 4.26. The first-order chi connectivity index (χ1) is 11.8. The Morgan fingerprint density at radius 2 is 2.04 bits per heavy atom. The molecule has 5 heteroatoms. The Morgan fingerprint density at radius 3 is 2.83 bits per heavy atom. The first-order valence-corrected chi connectivity index (χ1v) is 8.55. The van der Waals surface area contributed by atoms with E-state index < -0.39 is 0 Å². The lowest BCUT2D eigenvalue weighted by Crippen LogP contribution is -2.06. The van der Waals surface area contributed by atoms with Crippen LogP contribution in [0.15, 0.2) is 30.5 Å². The minimum Gasteiger partial charge on any atom is -0.497 e. The van der Waals surface area contributed by atoms with Crippen molar-refractivity contribution in [2.75, 3.05) is 12.8 Å². The summed E-state index contributed by atoms with van der Waals surface area (Å²) in [7, 11) is 1.67. The predicted molar refractivity (Wildman–Crippen MR) is 96.1 cm³/mol. The molecule has 2 heterocycles. The number of benzene rings is 1. The quantitative estimate of drug-likeness (QED) is 0.755. The highest BCUT2D eigenvalue weighted by molar-refractivity contribution is 6.01. The van der Waals surface area contributed by atoms with Gasteiger partial charge in [0.1, 0.15) is 17.1 Å². The number of pyridine rings is 1. The van der Waals surface area contributed by atoms with E-state index in [9.17, 15) is 0 Å². The fourth-order valence-electron chi connectivity index (χ4n) is 3.76. The molecule has 0 amide bonds. The van der Waals surface area contributed by atoms with Crippen LogP contribution < -0.4 is 10.5 Å². The molecule has 0 radical (unpaired) electrons. The Labute approximate surface area is 141 Å². The standard InChI is InChI=1S/C19H22N4O/c1-24-14-9-5-8-13(10-14)17-16-18(23-22-17)15(11-21-19(16)20)12-6-3-2-4-7-12/h5,8-12H,2-4,6-7H2,1H3,(H2,20,21)(H,22,23). The van der Waals surface area contributed by atoms with Crippen molar-refractivity contribution in [2.24, 2.45) is 0 Å². The zero-order valence-corrected chi connectivity index (χ0v) is 13.9. The average Bonchev–Trinajstić information content (AvgIpc) is 3.09. The summed E-state index contributed by atoms with van der Waals surface area (Å²) in [4.78, 5) is 4.47. The van der Waals surface area contributed by atoms with Gasteiger partial charge in [0.25, 0.3) is 0 Å². The second kappa shape index (κ2) is 6.15. The van der Waals surface area contributed by atoms with Crippen molar-refractivity contribution in [2.45, 2.75) is 38.0 Å². The second-order valence-corrected chi connectivity index (χ2v) is 6.49. The summed E-state index contributed by atoms with van der Waals surface area (Å²) < 4.78 is 5.33. The third kappa shape index (κ3) is 2.50. The fraction of sp³-hybridized carbons (Fsp3) is 0.368. The lowest BCUT2D eigenvalue weighted by molar-refractivity contribution is 0.415. The number of fused-ring (bicyclic) bond motifs is 1. The lowest BCUT2D eigenvalue weighted by atomic mass is 9.84. The van der Waals surface area contributed by atoms with Crippen LogP contribution in [-0.4, -0.2) is 22.3 Å². The number of hydrogen-bond acceptors (Lipinski definition) is 4. The van der Waals surface area contributed by atoms with E-state index >= 15 is 0 Å². The van der Waals surface area contributed by atoms with Gasteiger partial charge >= 0.3 is 0 Å². The van der Waals surface area contributed by atoms with Crippen LogP contribution in [0.3, 0.4) is 0 Å². The van der Waals surface area contributed by atoms with E-state index in [1.54, 1.807) is 7.11 Å². The molecule has 1 aromatic carbocycles. The molecule has 0 bridgehead atoms. The van der Waals surface area contributed by atoms with Gasteiger partial charge in [-0.25, -0.2) is 4.98 Å². The topological polar surface area (TPSA) is 76.8 Å². The van der Waals surface area contributed by atoms with Crippen LogP contribution in [0.4, 0.5) is 5.82 Å². The van der Waals surface area contributed by atoms with Crippen LogP contribution in [-0.2, 0) is 0 Å². The molecular formula is C19H22N4O. The zero-order chi connectivity index (χ0) is 16.5. The number of nitrogens with zero attached hydrogens (tertiary/aromatic N) is 2. The first-order valence-electron chi connectivity index (χ1n) is 8.55. The van der Waals surface area contributed by atoms with E-state index in [2.05, 4.69) is 15.2 Å². The maximum Gasteiger partial charge on any atom is 0.135 e. The number of hydrogen-bond donors (Lipinski definition) is 2. The lowest BCUT2D eigenvalue weighted by Gasteiger charge is -2.22. The van der Waals surface area contributed by atoms with Gasteiger partial charge in [-0.1, -0.05) is 31.4 Å². The maximum atomic E-state index is 6.21. The van der Waals surface area contributed by atoms with E-state index in [-0.39, 0.29) is 0 Å². The molecule has 1 saturated carbocycles. The number of H-pyrrole nitrogens is 1. The highest BCUT2D eigenvalue weighted by atomic mass is 16.5. The van der Waals surface area contributed by atoms with Gasteiger partial charge in [0, 0.05) is 17.3 Å². The molecule has 1 fully saturated rings. The summed E-state index contributed by atoms with van der Waals surface area (Å²) in [6, 6.07) is 7.91. The number of methoxy groups -OCH3 is 1. The summed E-state index contributed by atoms with van der Waals surface area (Å²) in [6.07, 6.45) is 8.24. The van der Waals surface area contributed by atoms with Crippen molar-refractivity contribution in [1.29, 1.82) is 0 Å². The van der Waals surface area contributed by atoms with Crippen molar-refractivity contribution in [1.82, 2.24) is 15.2 Å². The molecule has 124 valence electrons. The van der Waals surface area contributed by atoms with Gasteiger partial charge in [0.15, 0.2) is 0 Å². The Morgan fingerprint density at radius 1 is 1.21 bits per heavy atom. The third-order valence-corrected chi connectivity index (χ3v) is 5.04. The molecule has 0 unspecified atom stereocenters. The molecule has 0 spiro atoms. The molecule has 3 N–H and O–H groups in total. The number of aromatic nitrogens is 3. The Balaban J connectivity index is 1.86. The van der Waals surface area contributed by atoms with Crippen molar-refractivity contribution in [3.8, 4) is 17.0 Å². The van der Waals surface area contributed by atoms with E-state index in [0.717, 1.165) is 27.9 Å². The van der Waals surface area contributed by atoms with Gasteiger partial charge in [0.05, 0.1) is 18.2 Å². The molecular weight excluding hydrogens is 300 g/mol. The van der Waals surface area contributed by atoms with E-state index in [0.29, 0.717) is 11.7 Å². The number of nitrogens with one attached hydrogen (secondary N) is 1. The van der Waals surface area contributed by atoms with Crippen LogP contribution in [0, 0.1) is 0 Å². The number of rotatable bonds is 3. The summed E-state index contributed by atoms with van der Waals surface area (Å²) in [6.45, 7) is 0. The number of nitrogen functional groups attached to an aromatic ring is 1. The molecule has 24 heavy (non-hydrogen) atoms. The molecule has 0 atom stereocenters. The highest BCUT2D eigenvalue weighted by Gasteiger charge is 2.22. The Kier molecular flexibility index (Phi) is 3.84. The molecule has 1 aliphatic carbocycles. The van der Waals surface area contributed by atoms with Crippen molar-refractivity contribution >= 4 is 16.7 Å². The van der Waals surface area contributed by atoms with Crippen LogP contribution >= 0.6 is 0 Å². The number of nitrogens with two attached hydrogens (primary N) is 1. The minimum absolute atomic E-state index is 0.524. The van der Waals surface area contributed by atoms with Crippen molar-refractivity contribution in [3.63, 3.8) is 0 Å². The number of aromatic amines is 1. The normalized spacial score (nSPS) is 15.7.